The fourth-order valence-corrected chi connectivity index (χ4v) is 36.0. The zero-order valence-electron chi connectivity index (χ0n) is 20.9. The Hall–Kier alpha value is -1.31. The lowest BCUT2D eigenvalue weighted by Gasteiger charge is -2.50. The minimum absolute atomic E-state index is 0.230. The second kappa shape index (κ2) is 9.38. The fraction of sp³-hybridized carbons (Fsp3) is 0.333. The zero-order valence-corrected chi connectivity index (χ0v) is 23.7. The van der Waals surface area contributed by atoms with Crippen molar-refractivity contribution in [3.8, 4) is 0 Å². The summed E-state index contributed by atoms with van der Waals surface area (Å²) in [7, 11) is 0.898. The minimum atomic E-state index is -1.78. The van der Waals surface area contributed by atoms with Crippen molar-refractivity contribution in [3.63, 3.8) is 0 Å². The molecule has 2 aliphatic carbocycles. The fourth-order valence-electron chi connectivity index (χ4n) is 5.87. The van der Waals surface area contributed by atoms with Crippen molar-refractivity contribution in [1.29, 1.82) is 0 Å². The summed E-state index contributed by atoms with van der Waals surface area (Å²) in [5, 5.41) is 3.57. The Labute approximate surface area is 204 Å². The summed E-state index contributed by atoms with van der Waals surface area (Å²) in [6.07, 6.45) is 19.1. The predicted octanol–water partition coefficient (Wildman–Crippen LogP) is 8.77. The van der Waals surface area contributed by atoms with E-state index < -0.39 is 13.9 Å². The average molecular weight is 493 g/mol. The van der Waals surface area contributed by atoms with Gasteiger partial charge in [0.25, 0.3) is 0 Å². The van der Waals surface area contributed by atoms with E-state index in [9.17, 15) is 0 Å². The van der Waals surface area contributed by atoms with Crippen LogP contribution in [0.4, 0.5) is 0 Å². The SMILES string of the molecule is CC(C)(C)[P+](P[P+](c1ccccc1)(c1ccccc1)C1C=CC=C1)(C1C=CC=C1)C(C)(C)C. The molecule has 0 fully saturated rings. The van der Waals surface area contributed by atoms with Crippen molar-refractivity contribution in [1.82, 2.24) is 0 Å². The molecule has 3 heteroatoms. The van der Waals surface area contributed by atoms with E-state index in [0.29, 0.717) is 11.3 Å². The van der Waals surface area contributed by atoms with Crippen molar-refractivity contribution < 1.29 is 0 Å². The maximum atomic E-state index is 2.53. The molecular weight excluding hydrogens is 453 g/mol. The van der Waals surface area contributed by atoms with Gasteiger partial charge in [0.15, 0.2) is 0 Å². The third kappa shape index (κ3) is 4.30. The molecule has 0 radical (unpaired) electrons. The van der Waals surface area contributed by atoms with Gasteiger partial charge in [0.1, 0.15) is 28.9 Å². The maximum absolute atomic E-state index is 2.53. The standard InChI is InChI=1S/C30H39P3/c1-29(2,3)33(30(4,5)6,28-23-15-16-24-28)31-32(27-21-13-14-22-27,25-17-9-7-10-18-25)26-19-11-8-12-20-26/h7-24,27-28,31H,1-6H3/q+2. The van der Waals surface area contributed by atoms with Gasteiger partial charge >= 0.3 is 0 Å². The Morgan fingerprint density at radius 2 is 0.909 bits per heavy atom. The van der Waals surface area contributed by atoms with Gasteiger partial charge in [-0.25, -0.2) is 0 Å². The first-order valence-electron chi connectivity index (χ1n) is 12.0. The van der Waals surface area contributed by atoms with Gasteiger partial charge in [0.05, 0.1) is 17.3 Å². The number of hydrogen-bond donors (Lipinski definition) is 0. The predicted molar refractivity (Wildman–Crippen MR) is 158 cm³/mol. The quantitative estimate of drug-likeness (QED) is 0.354. The molecule has 0 saturated heterocycles. The molecule has 2 aromatic carbocycles. The summed E-state index contributed by atoms with van der Waals surface area (Å²) >= 11 is 0. The van der Waals surface area contributed by atoms with Crippen LogP contribution in [0.2, 0.25) is 0 Å². The monoisotopic (exact) mass is 492 g/mol. The van der Waals surface area contributed by atoms with E-state index in [0.717, 1.165) is 7.96 Å². The summed E-state index contributed by atoms with van der Waals surface area (Å²) in [5.74, 6) is 0. The van der Waals surface area contributed by atoms with Gasteiger partial charge in [-0.3, -0.25) is 0 Å². The van der Waals surface area contributed by atoms with E-state index in [-0.39, 0.29) is 10.3 Å². The lowest BCUT2D eigenvalue weighted by molar-refractivity contribution is 0.696. The van der Waals surface area contributed by atoms with Crippen LogP contribution in [0, 0.1) is 0 Å². The summed E-state index contributed by atoms with van der Waals surface area (Å²) in [5.41, 5.74) is 0.996. The molecule has 0 N–H and O–H groups in total. The minimum Gasteiger partial charge on any atom is -0.0622 e. The Balaban J connectivity index is 2.07. The van der Waals surface area contributed by atoms with Crippen molar-refractivity contribution in [3.05, 3.63) is 109 Å². The molecule has 1 atom stereocenters. The molecule has 0 saturated carbocycles. The van der Waals surface area contributed by atoms with E-state index in [2.05, 4.69) is 151 Å². The number of rotatable bonds is 6. The molecule has 0 aliphatic heterocycles. The summed E-state index contributed by atoms with van der Waals surface area (Å²) in [6, 6.07) is 23.1. The van der Waals surface area contributed by atoms with Crippen LogP contribution < -0.4 is 10.6 Å². The van der Waals surface area contributed by atoms with Crippen LogP contribution >= 0.6 is 21.9 Å². The van der Waals surface area contributed by atoms with Gasteiger partial charge in [0.2, 0.25) is 7.96 Å². The second-order valence-corrected chi connectivity index (χ2v) is 25.7. The zero-order chi connectivity index (χ0) is 23.7. The highest BCUT2D eigenvalue weighted by Crippen LogP contribution is 3.02. The van der Waals surface area contributed by atoms with E-state index in [1.54, 1.807) is 10.6 Å². The molecule has 0 nitrogen and oxygen atoms in total. The third-order valence-electron chi connectivity index (χ3n) is 7.11. The molecule has 0 spiro atoms. The van der Waals surface area contributed by atoms with Crippen LogP contribution in [0.15, 0.2) is 109 Å². The van der Waals surface area contributed by atoms with Gasteiger partial charge in [-0.05, 0) is 90.1 Å². The first-order chi connectivity index (χ1) is 15.6. The van der Waals surface area contributed by atoms with E-state index in [4.69, 9.17) is 0 Å². The number of benzene rings is 2. The van der Waals surface area contributed by atoms with Crippen molar-refractivity contribution in [2.24, 2.45) is 0 Å². The Morgan fingerprint density at radius 3 is 1.27 bits per heavy atom. The van der Waals surface area contributed by atoms with Gasteiger partial charge < -0.3 is 0 Å². The van der Waals surface area contributed by atoms with Crippen molar-refractivity contribution in [2.45, 2.75) is 63.2 Å². The molecule has 1 unspecified atom stereocenters. The normalized spacial score (nSPS) is 17.8. The topological polar surface area (TPSA) is 0 Å². The average Bonchev–Trinajstić information content (AvgIpc) is 3.49. The van der Waals surface area contributed by atoms with E-state index in [1.165, 1.54) is 0 Å². The third-order valence-corrected chi connectivity index (χ3v) is 31.6. The van der Waals surface area contributed by atoms with Gasteiger partial charge in [-0.15, -0.1) is 0 Å². The Bertz CT molecular complexity index is 986. The highest BCUT2D eigenvalue weighted by molar-refractivity contribution is 8.67. The molecule has 2 aromatic rings. The molecular formula is C30H39P3+2. The van der Waals surface area contributed by atoms with Crippen LogP contribution in [0.25, 0.3) is 0 Å². The lowest BCUT2D eigenvalue weighted by atomic mass is 10.2. The smallest absolute Gasteiger partial charge is 0.0622 e. The summed E-state index contributed by atoms with van der Waals surface area (Å²) < 4.78 is 0. The van der Waals surface area contributed by atoms with Crippen molar-refractivity contribution >= 4 is 32.5 Å². The van der Waals surface area contributed by atoms with Gasteiger partial charge in [-0.2, -0.15) is 0 Å². The van der Waals surface area contributed by atoms with Crippen LogP contribution in [0.3, 0.4) is 0 Å². The molecule has 0 heterocycles. The largest absolute Gasteiger partial charge is 0.209 e. The van der Waals surface area contributed by atoms with Crippen LogP contribution in [-0.4, -0.2) is 21.6 Å². The van der Waals surface area contributed by atoms with Crippen LogP contribution in [0.5, 0.6) is 0 Å². The molecule has 4 rings (SSSR count). The number of allylic oxidation sites excluding steroid dienone is 8. The molecule has 33 heavy (non-hydrogen) atoms. The second-order valence-electron chi connectivity index (χ2n) is 11.1. The molecule has 2 aliphatic rings. The first-order valence-corrected chi connectivity index (χ1v) is 18.4. The molecule has 0 aromatic heterocycles. The van der Waals surface area contributed by atoms with Crippen LogP contribution in [0.1, 0.15) is 41.5 Å². The van der Waals surface area contributed by atoms with E-state index in [1.807, 2.05) is 0 Å². The van der Waals surface area contributed by atoms with Crippen molar-refractivity contribution in [2.75, 3.05) is 0 Å². The Kier molecular flexibility index (Phi) is 7.05. The summed E-state index contributed by atoms with van der Waals surface area (Å²) in [6.45, 7) is 11.8. The summed E-state index contributed by atoms with van der Waals surface area (Å²) in [4.78, 5) is 0. The lowest BCUT2D eigenvalue weighted by Crippen LogP contribution is -2.38. The van der Waals surface area contributed by atoms with Gasteiger partial charge in [-0.1, -0.05) is 60.7 Å². The Morgan fingerprint density at radius 1 is 0.545 bits per heavy atom. The molecule has 172 valence electrons. The first kappa shape index (κ1) is 24.8. The van der Waals surface area contributed by atoms with E-state index >= 15 is 0 Å². The number of hydrogen-bond acceptors (Lipinski definition) is 0. The highest BCUT2D eigenvalue weighted by atomic mass is 32.5. The highest BCUT2D eigenvalue weighted by Gasteiger charge is 2.70. The van der Waals surface area contributed by atoms with Crippen LogP contribution in [-0.2, 0) is 0 Å². The molecule has 0 amide bonds. The molecule has 0 bridgehead atoms. The maximum Gasteiger partial charge on any atom is 0.209 e. The van der Waals surface area contributed by atoms with Gasteiger partial charge in [0, 0.05) is 0 Å².